The number of ether oxygens (including phenoxy) is 1. The summed E-state index contributed by atoms with van der Waals surface area (Å²) in [5.74, 6) is -0.668. The molecule has 4 heteroatoms. The van der Waals surface area contributed by atoms with Gasteiger partial charge in [-0.15, -0.1) is 0 Å². The van der Waals surface area contributed by atoms with Crippen molar-refractivity contribution in [1.29, 1.82) is 0 Å². The number of carbonyl (C=O) groups is 2. The van der Waals surface area contributed by atoms with Crippen LogP contribution in [-0.4, -0.2) is 23.1 Å². The third-order valence-electron chi connectivity index (χ3n) is 8.73. The first-order valence-electron chi connectivity index (χ1n) is 20.3. The van der Waals surface area contributed by atoms with Gasteiger partial charge < -0.3 is 9.84 Å². The zero-order valence-corrected chi connectivity index (χ0v) is 31.5. The predicted octanol–water partition coefficient (Wildman–Crippen LogP) is 14.1. The summed E-state index contributed by atoms with van der Waals surface area (Å²) < 4.78 is 5.87. The normalized spacial score (nSPS) is 12.9. The van der Waals surface area contributed by atoms with Gasteiger partial charge in [0.25, 0.3) is 0 Å². The number of carboxylic acid groups (broad SMARTS) is 1. The van der Waals surface area contributed by atoms with E-state index in [9.17, 15) is 9.59 Å². The molecule has 0 heterocycles. The topological polar surface area (TPSA) is 63.6 Å². The summed E-state index contributed by atoms with van der Waals surface area (Å²) in [7, 11) is 0. The van der Waals surface area contributed by atoms with Crippen molar-refractivity contribution in [2.45, 2.75) is 206 Å². The molecule has 1 unspecified atom stereocenters. The molecule has 4 nitrogen and oxygen atoms in total. The lowest BCUT2D eigenvalue weighted by molar-refractivity contribution is -0.150. The van der Waals surface area contributed by atoms with Crippen LogP contribution in [0.15, 0.2) is 60.8 Å². The van der Waals surface area contributed by atoms with Gasteiger partial charge in [0, 0.05) is 12.8 Å². The molecule has 0 bridgehead atoms. The Kier molecular flexibility index (Phi) is 37.2. The van der Waals surface area contributed by atoms with Crippen LogP contribution in [0.2, 0.25) is 0 Å². The molecule has 0 aliphatic rings. The summed E-state index contributed by atoms with van der Waals surface area (Å²) in [4.78, 5) is 22.9. The van der Waals surface area contributed by atoms with Crippen molar-refractivity contribution in [1.82, 2.24) is 0 Å². The van der Waals surface area contributed by atoms with E-state index < -0.39 is 5.97 Å². The summed E-state index contributed by atoms with van der Waals surface area (Å²) >= 11 is 0. The van der Waals surface area contributed by atoms with Crippen molar-refractivity contribution in [2.24, 2.45) is 0 Å². The fraction of sp³-hybridized carbons (Fsp3) is 0.727. The Hall–Kier alpha value is -2.36. The average Bonchev–Trinajstić information content (AvgIpc) is 3.07. The second kappa shape index (κ2) is 39.1. The minimum absolute atomic E-state index is 0.000863. The zero-order valence-electron chi connectivity index (χ0n) is 31.5. The number of hydrogen-bond acceptors (Lipinski definition) is 3. The van der Waals surface area contributed by atoms with Crippen LogP contribution >= 0.6 is 0 Å². The molecule has 48 heavy (non-hydrogen) atoms. The van der Waals surface area contributed by atoms with Gasteiger partial charge in [0.1, 0.15) is 6.10 Å². The van der Waals surface area contributed by atoms with E-state index in [4.69, 9.17) is 9.84 Å². The molecule has 0 aromatic carbocycles. The Morgan fingerprint density at radius 1 is 0.479 bits per heavy atom. The molecule has 0 fully saturated rings. The largest absolute Gasteiger partial charge is 0.481 e. The van der Waals surface area contributed by atoms with Gasteiger partial charge in [-0.05, 0) is 77.0 Å². The summed E-state index contributed by atoms with van der Waals surface area (Å²) in [5.41, 5.74) is 0. The van der Waals surface area contributed by atoms with Gasteiger partial charge in [0.15, 0.2) is 0 Å². The highest BCUT2D eigenvalue weighted by Gasteiger charge is 2.13. The van der Waals surface area contributed by atoms with Crippen LogP contribution in [0, 0.1) is 0 Å². The number of hydrogen-bond donors (Lipinski definition) is 1. The van der Waals surface area contributed by atoms with Crippen LogP contribution in [0.3, 0.4) is 0 Å². The first kappa shape index (κ1) is 45.6. The molecule has 0 spiro atoms. The maximum absolute atomic E-state index is 12.4. The highest BCUT2D eigenvalue weighted by Crippen LogP contribution is 2.17. The zero-order chi connectivity index (χ0) is 35.0. The number of carboxylic acids is 1. The smallest absolute Gasteiger partial charge is 0.306 e. The number of esters is 1. The quantitative estimate of drug-likeness (QED) is 0.0410. The molecule has 1 N–H and O–H groups in total. The molecule has 0 amide bonds. The summed E-state index contributed by atoms with van der Waals surface area (Å²) in [6.07, 6.45) is 54.5. The fourth-order valence-electron chi connectivity index (χ4n) is 5.85. The van der Waals surface area contributed by atoms with Crippen molar-refractivity contribution >= 4 is 11.9 Å². The predicted molar refractivity (Wildman–Crippen MR) is 208 cm³/mol. The fourth-order valence-corrected chi connectivity index (χ4v) is 5.85. The lowest BCUT2D eigenvalue weighted by Gasteiger charge is -2.17. The van der Waals surface area contributed by atoms with Crippen LogP contribution in [0.5, 0.6) is 0 Å². The second-order valence-corrected chi connectivity index (χ2v) is 13.4. The van der Waals surface area contributed by atoms with Crippen LogP contribution in [0.4, 0.5) is 0 Å². The van der Waals surface area contributed by atoms with Crippen molar-refractivity contribution in [2.75, 3.05) is 0 Å². The molecule has 0 saturated carbocycles. The average molecular weight is 669 g/mol. The highest BCUT2D eigenvalue weighted by molar-refractivity contribution is 5.69. The van der Waals surface area contributed by atoms with Crippen molar-refractivity contribution in [3.63, 3.8) is 0 Å². The van der Waals surface area contributed by atoms with Gasteiger partial charge in [0.05, 0.1) is 0 Å². The van der Waals surface area contributed by atoms with Gasteiger partial charge in [-0.3, -0.25) is 9.59 Å². The van der Waals surface area contributed by atoms with Gasteiger partial charge in [-0.1, -0.05) is 171 Å². The molecule has 1 atom stereocenters. The van der Waals surface area contributed by atoms with Crippen LogP contribution < -0.4 is 0 Å². The molecular weight excluding hydrogens is 592 g/mol. The van der Waals surface area contributed by atoms with Crippen molar-refractivity contribution in [3.05, 3.63) is 60.8 Å². The Balaban J connectivity index is 3.63. The first-order valence-corrected chi connectivity index (χ1v) is 20.3. The number of aliphatic carboxylic acids is 1. The van der Waals surface area contributed by atoms with E-state index in [-0.39, 0.29) is 12.1 Å². The second-order valence-electron chi connectivity index (χ2n) is 13.4. The maximum Gasteiger partial charge on any atom is 0.306 e. The Morgan fingerprint density at radius 2 is 0.875 bits per heavy atom. The molecule has 0 aliphatic carbocycles. The van der Waals surface area contributed by atoms with E-state index >= 15 is 0 Å². The molecule has 0 radical (unpaired) electrons. The maximum atomic E-state index is 12.4. The minimum atomic E-state index is -0.667. The van der Waals surface area contributed by atoms with Crippen molar-refractivity contribution < 1.29 is 19.4 Å². The van der Waals surface area contributed by atoms with E-state index in [0.717, 1.165) is 89.9 Å². The Labute approximate surface area is 297 Å². The summed E-state index contributed by atoms with van der Waals surface area (Å²) in [6.45, 7) is 4.34. The highest BCUT2D eigenvalue weighted by atomic mass is 16.5. The first-order chi connectivity index (χ1) is 23.6. The minimum Gasteiger partial charge on any atom is -0.481 e. The van der Waals surface area contributed by atoms with E-state index in [0.29, 0.717) is 12.8 Å². The van der Waals surface area contributed by atoms with E-state index in [1.807, 2.05) is 0 Å². The Morgan fingerprint density at radius 3 is 1.33 bits per heavy atom. The van der Waals surface area contributed by atoms with Crippen LogP contribution in [0.1, 0.15) is 200 Å². The van der Waals surface area contributed by atoms with Crippen molar-refractivity contribution in [3.8, 4) is 0 Å². The van der Waals surface area contributed by atoms with E-state index in [1.54, 1.807) is 0 Å². The van der Waals surface area contributed by atoms with Crippen LogP contribution in [-0.2, 0) is 14.3 Å². The molecular formula is C44H76O4. The molecule has 0 aromatic heterocycles. The summed E-state index contributed by atoms with van der Waals surface area (Å²) in [5, 5.41) is 8.66. The monoisotopic (exact) mass is 669 g/mol. The molecule has 0 saturated heterocycles. The van der Waals surface area contributed by atoms with Gasteiger partial charge in [-0.25, -0.2) is 0 Å². The number of unbranched alkanes of at least 4 members (excludes halogenated alkanes) is 17. The van der Waals surface area contributed by atoms with Gasteiger partial charge in [0.2, 0.25) is 0 Å². The third kappa shape index (κ3) is 38.1. The number of allylic oxidation sites excluding steroid dienone is 10. The van der Waals surface area contributed by atoms with E-state index in [2.05, 4.69) is 74.6 Å². The lowest BCUT2D eigenvalue weighted by atomic mass is 10.0. The van der Waals surface area contributed by atoms with Crippen LogP contribution in [0.25, 0.3) is 0 Å². The number of rotatable bonds is 36. The number of carbonyl (C=O) groups excluding carboxylic acids is 1. The molecule has 276 valence electrons. The van der Waals surface area contributed by atoms with Gasteiger partial charge in [-0.2, -0.15) is 0 Å². The molecule has 0 aromatic rings. The summed E-state index contributed by atoms with van der Waals surface area (Å²) in [6, 6.07) is 0. The lowest BCUT2D eigenvalue weighted by Crippen LogP contribution is -2.18. The standard InChI is InChI=1S/C44H76O4/c1-3-5-6-7-8-9-10-11-12-13-14-15-19-22-25-28-31-34-37-41-44(47)48-42(38-4-2)39-35-32-29-26-23-20-17-16-18-21-24-27-30-33-36-40-43(45)46/h5-6,8-9,11-12,14-15,22,25,42H,3-4,7,10,13,16-21,23-24,26-41H2,1-2H3,(H,45,46)/b6-5-,9-8-,12-11-,15-14-,25-22-. The third-order valence-corrected chi connectivity index (χ3v) is 8.73. The SMILES string of the molecule is CC/C=C\C/C=C\C/C=C\C/C=C\C/C=C\CCCCCC(=O)OC(CCC)CCCCCCCCCCCCCCCCCC(=O)O. The molecule has 0 rings (SSSR count). The molecule has 0 aliphatic heterocycles. The Bertz CT molecular complexity index is 850. The van der Waals surface area contributed by atoms with E-state index in [1.165, 1.54) is 83.5 Å². The van der Waals surface area contributed by atoms with Gasteiger partial charge >= 0.3 is 11.9 Å².